The van der Waals surface area contributed by atoms with Gasteiger partial charge in [0.05, 0.1) is 6.10 Å². The summed E-state index contributed by atoms with van der Waals surface area (Å²) in [5.74, 6) is 0. The van der Waals surface area contributed by atoms with Crippen molar-refractivity contribution in [2.24, 2.45) is 5.73 Å². The Morgan fingerprint density at radius 3 is 2.42 bits per heavy atom. The summed E-state index contributed by atoms with van der Waals surface area (Å²) >= 11 is 0. The predicted octanol–water partition coefficient (Wildman–Crippen LogP) is 1.75. The first-order chi connectivity index (χ1) is 9.20. The summed E-state index contributed by atoms with van der Waals surface area (Å²) in [7, 11) is 0. The Hall–Kier alpha value is -0.900. The summed E-state index contributed by atoms with van der Waals surface area (Å²) in [4.78, 5) is 2.37. The topological polar surface area (TPSA) is 49.5 Å². The highest BCUT2D eigenvalue weighted by atomic mass is 16.3. The van der Waals surface area contributed by atoms with Crippen LogP contribution in [0.2, 0.25) is 0 Å². The van der Waals surface area contributed by atoms with Crippen molar-refractivity contribution in [3.8, 4) is 0 Å². The van der Waals surface area contributed by atoms with E-state index in [2.05, 4.69) is 35.2 Å². The molecule has 2 rings (SSSR count). The van der Waals surface area contributed by atoms with Crippen LogP contribution in [-0.2, 0) is 5.41 Å². The molecule has 0 radical (unpaired) electrons. The largest absolute Gasteiger partial charge is 0.392 e. The minimum absolute atomic E-state index is 0.134. The fourth-order valence-corrected chi connectivity index (χ4v) is 2.99. The van der Waals surface area contributed by atoms with Crippen LogP contribution >= 0.6 is 0 Å². The van der Waals surface area contributed by atoms with Crippen molar-refractivity contribution >= 4 is 0 Å². The average Bonchev–Trinajstić information content (AvgIpc) is 2.49. The summed E-state index contributed by atoms with van der Waals surface area (Å²) < 4.78 is 0. The van der Waals surface area contributed by atoms with E-state index in [0.717, 1.165) is 38.9 Å². The van der Waals surface area contributed by atoms with Gasteiger partial charge in [0.15, 0.2) is 0 Å². The lowest BCUT2D eigenvalue weighted by atomic mass is 9.73. The molecule has 1 aliphatic heterocycles. The third-order valence-electron chi connectivity index (χ3n) is 4.53. The molecule has 106 valence electrons. The van der Waals surface area contributed by atoms with Gasteiger partial charge < -0.3 is 15.7 Å². The van der Waals surface area contributed by atoms with Gasteiger partial charge in [-0.2, -0.15) is 0 Å². The standard InChI is InChI=1S/C16H26N2O/c1-2-15(19)12-18-10-8-16(13-17,9-11-18)14-6-4-3-5-7-14/h3-7,15,19H,2,8-13,17H2,1H3. The first-order valence-electron chi connectivity index (χ1n) is 7.36. The molecule has 19 heavy (non-hydrogen) atoms. The molecule has 0 bridgehead atoms. The van der Waals surface area contributed by atoms with Crippen LogP contribution in [0.5, 0.6) is 0 Å². The van der Waals surface area contributed by atoms with Gasteiger partial charge in [-0.25, -0.2) is 0 Å². The lowest BCUT2D eigenvalue weighted by molar-refractivity contribution is 0.0804. The summed E-state index contributed by atoms with van der Waals surface area (Å²) in [5.41, 5.74) is 7.58. The number of aliphatic hydroxyl groups excluding tert-OH is 1. The molecule has 0 aromatic heterocycles. The van der Waals surface area contributed by atoms with E-state index in [1.54, 1.807) is 0 Å². The lowest BCUT2D eigenvalue weighted by Gasteiger charge is -2.42. The molecule has 0 amide bonds. The number of piperidine rings is 1. The van der Waals surface area contributed by atoms with Crippen LogP contribution in [0.4, 0.5) is 0 Å². The lowest BCUT2D eigenvalue weighted by Crippen LogP contribution is -2.48. The molecule has 0 spiro atoms. The number of hydrogen-bond donors (Lipinski definition) is 2. The van der Waals surface area contributed by atoms with Crippen LogP contribution < -0.4 is 5.73 Å². The van der Waals surface area contributed by atoms with Crippen molar-refractivity contribution in [2.45, 2.75) is 37.7 Å². The normalized spacial score (nSPS) is 21.2. The first-order valence-corrected chi connectivity index (χ1v) is 7.36. The maximum atomic E-state index is 9.75. The van der Waals surface area contributed by atoms with E-state index in [-0.39, 0.29) is 11.5 Å². The van der Waals surface area contributed by atoms with E-state index in [1.165, 1.54) is 5.56 Å². The predicted molar refractivity (Wildman–Crippen MR) is 79.1 cm³/mol. The molecule has 1 unspecified atom stereocenters. The van der Waals surface area contributed by atoms with Crippen LogP contribution in [0.25, 0.3) is 0 Å². The van der Waals surface area contributed by atoms with E-state index in [1.807, 2.05) is 6.92 Å². The van der Waals surface area contributed by atoms with E-state index in [0.29, 0.717) is 6.54 Å². The van der Waals surface area contributed by atoms with Gasteiger partial charge >= 0.3 is 0 Å². The summed E-state index contributed by atoms with van der Waals surface area (Å²) in [6, 6.07) is 10.6. The fraction of sp³-hybridized carbons (Fsp3) is 0.625. The van der Waals surface area contributed by atoms with Crippen LogP contribution in [0, 0.1) is 0 Å². The second kappa shape index (κ2) is 6.51. The van der Waals surface area contributed by atoms with Gasteiger partial charge in [0.25, 0.3) is 0 Å². The molecule has 1 aliphatic rings. The van der Waals surface area contributed by atoms with Crippen molar-refractivity contribution in [3.05, 3.63) is 35.9 Å². The Morgan fingerprint density at radius 1 is 1.26 bits per heavy atom. The van der Waals surface area contributed by atoms with Crippen molar-refractivity contribution in [1.82, 2.24) is 4.90 Å². The van der Waals surface area contributed by atoms with E-state index in [9.17, 15) is 5.11 Å². The smallest absolute Gasteiger partial charge is 0.0664 e. The van der Waals surface area contributed by atoms with Crippen molar-refractivity contribution in [3.63, 3.8) is 0 Å². The molecule has 3 N–H and O–H groups in total. The monoisotopic (exact) mass is 262 g/mol. The summed E-state index contributed by atoms with van der Waals surface area (Å²) in [6.07, 6.45) is 2.81. The van der Waals surface area contributed by atoms with Crippen molar-refractivity contribution in [1.29, 1.82) is 0 Å². The molecule has 0 saturated carbocycles. The minimum Gasteiger partial charge on any atom is -0.392 e. The van der Waals surface area contributed by atoms with Gasteiger partial charge in [0, 0.05) is 18.5 Å². The number of aliphatic hydroxyl groups is 1. The highest BCUT2D eigenvalue weighted by Gasteiger charge is 2.35. The van der Waals surface area contributed by atoms with Crippen molar-refractivity contribution < 1.29 is 5.11 Å². The number of β-amino-alcohol motifs (C(OH)–C–C–N with tert-alkyl or cyclic N) is 1. The fourth-order valence-electron chi connectivity index (χ4n) is 2.99. The summed E-state index contributed by atoms with van der Waals surface area (Å²) in [5, 5.41) is 9.75. The number of nitrogens with zero attached hydrogens (tertiary/aromatic N) is 1. The van der Waals surface area contributed by atoms with Crippen LogP contribution in [0.1, 0.15) is 31.7 Å². The SMILES string of the molecule is CCC(O)CN1CCC(CN)(c2ccccc2)CC1. The Bertz CT molecular complexity index is 372. The molecule has 1 heterocycles. The molecule has 3 heteroatoms. The van der Waals surface area contributed by atoms with Gasteiger partial charge in [-0.1, -0.05) is 37.3 Å². The molecule has 1 fully saturated rings. The molecular formula is C16H26N2O. The van der Waals surface area contributed by atoms with Crippen molar-refractivity contribution in [2.75, 3.05) is 26.2 Å². The minimum atomic E-state index is -0.192. The second-order valence-electron chi connectivity index (χ2n) is 5.71. The summed E-state index contributed by atoms with van der Waals surface area (Å²) in [6.45, 7) is 5.60. The maximum Gasteiger partial charge on any atom is 0.0664 e. The number of hydrogen-bond acceptors (Lipinski definition) is 3. The van der Waals surface area contributed by atoms with Gasteiger partial charge in [0.2, 0.25) is 0 Å². The molecule has 1 aromatic rings. The van der Waals surface area contributed by atoms with E-state index < -0.39 is 0 Å². The Morgan fingerprint density at radius 2 is 1.89 bits per heavy atom. The molecule has 0 aliphatic carbocycles. The molecule has 1 atom stereocenters. The number of likely N-dealkylation sites (tertiary alicyclic amines) is 1. The highest BCUT2D eigenvalue weighted by Crippen LogP contribution is 2.34. The first kappa shape index (κ1) is 14.5. The zero-order valence-corrected chi connectivity index (χ0v) is 11.9. The Kier molecular flexibility index (Phi) is 4.97. The number of rotatable bonds is 5. The number of nitrogens with two attached hydrogens (primary N) is 1. The molecule has 3 nitrogen and oxygen atoms in total. The maximum absolute atomic E-state index is 9.75. The highest BCUT2D eigenvalue weighted by molar-refractivity contribution is 5.26. The van der Waals surface area contributed by atoms with Crippen LogP contribution in [0.15, 0.2) is 30.3 Å². The quantitative estimate of drug-likeness (QED) is 0.850. The molecule has 1 aromatic carbocycles. The third-order valence-corrected chi connectivity index (χ3v) is 4.53. The zero-order valence-electron chi connectivity index (χ0n) is 11.9. The van der Waals surface area contributed by atoms with E-state index in [4.69, 9.17) is 5.73 Å². The van der Waals surface area contributed by atoms with Gasteiger partial charge in [0.1, 0.15) is 0 Å². The van der Waals surface area contributed by atoms with Crippen LogP contribution in [-0.4, -0.2) is 42.3 Å². The van der Waals surface area contributed by atoms with Crippen LogP contribution in [0.3, 0.4) is 0 Å². The second-order valence-corrected chi connectivity index (χ2v) is 5.71. The van der Waals surface area contributed by atoms with Gasteiger partial charge in [-0.05, 0) is 37.9 Å². The van der Waals surface area contributed by atoms with E-state index >= 15 is 0 Å². The number of benzene rings is 1. The molecular weight excluding hydrogens is 236 g/mol. The zero-order chi connectivity index (χ0) is 13.7. The molecule has 1 saturated heterocycles. The van der Waals surface area contributed by atoms with Gasteiger partial charge in [-0.3, -0.25) is 0 Å². The Balaban J connectivity index is 2.00. The van der Waals surface area contributed by atoms with Gasteiger partial charge in [-0.15, -0.1) is 0 Å². The Labute approximate surface area is 116 Å². The third kappa shape index (κ3) is 3.35. The average molecular weight is 262 g/mol.